The van der Waals surface area contributed by atoms with Crippen molar-refractivity contribution in [2.24, 2.45) is 11.3 Å². The first kappa shape index (κ1) is 15.5. The minimum absolute atomic E-state index is 0.0146. The molecular weight excluding hydrogens is 240 g/mol. The van der Waals surface area contributed by atoms with E-state index in [1.54, 1.807) is 0 Å². The third kappa shape index (κ3) is 4.60. The average molecular weight is 268 g/mol. The zero-order chi connectivity index (χ0) is 14.0. The van der Waals surface area contributed by atoms with Gasteiger partial charge in [0.05, 0.1) is 11.7 Å². The van der Waals surface area contributed by atoms with Gasteiger partial charge in [0.2, 0.25) is 8.32 Å². The second kappa shape index (κ2) is 5.60. The Balaban J connectivity index is 2.94. The van der Waals surface area contributed by atoms with Crippen LogP contribution in [-0.4, -0.2) is 14.1 Å². The number of hydrogen-bond donors (Lipinski definition) is 0. The smallest absolute Gasteiger partial charge is 0.241 e. The Morgan fingerprint density at radius 1 is 1.28 bits per heavy atom. The molecule has 0 N–H and O–H groups in total. The summed E-state index contributed by atoms with van der Waals surface area (Å²) in [6.07, 6.45) is 6.47. The molecule has 1 rings (SSSR count). The summed E-state index contributed by atoms with van der Waals surface area (Å²) in [6.45, 7) is 12.6. The van der Waals surface area contributed by atoms with Crippen molar-refractivity contribution in [1.29, 1.82) is 0 Å². The van der Waals surface area contributed by atoms with Crippen molar-refractivity contribution < 1.29 is 9.22 Å². The Morgan fingerprint density at radius 2 is 1.89 bits per heavy atom. The van der Waals surface area contributed by atoms with Crippen LogP contribution in [-0.2, 0) is 9.22 Å². The highest BCUT2D eigenvalue weighted by Gasteiger charge is 2.34. The summed E-state index contributed by atoms with van der Waals surface area (Å²) in [6, 6.07) is 0. The Hall–Kier alpha value is -0.573. The van der Waals surface area contributed by atoms with E-state index in [0.717, 1.165) is 25.0 Å². The number of rotatable bonds is 3. The summed E-state index contributed by atoms with van der Waals surface area (Å²) >= 11 is 0. The van der Waals surface area contributed by atoms with Crippen molar-refractivity contribution in [3.63, 3.8) is 0 Å². The van der Waals surface area contributed by atoms with Crippen LogP contribution in [0.2, 0.25) is 19.6 Å². The minimum Gasteiger partial charge on any atom is -0.547 e. The van der Waals surface area contributed by atoms with E-state index < -0.39 is 8.32 Å². The van der Waals surface area contributed by atoms with Crippen LogP contribution in [0.15, 0.2) is 11.8 Å². The number of hydrogen-bond acceptors (Lipinski definition) is 2. The number of allylic oxidation sites excluding steroid dienone is 2. The number of Topliss-reactive ketones (excluding diaryl/α,β-unsaturated/α-hetero) is 1. The second-order valence-corrected chi connectivity index (χ2v) is 11.7. The maximum absolute atomic E-state index is 12.6. The van der Waals surface area contributed by atoms with Crippen LogP contribution in [0.5, 0.6) is 0 Å². The lowest BCUT2D eigenvalue weighted by Crippen LogP contribution is -2.34. The highest BCUT2D eigenvalue weighted by atomic mass is 28.4. The van der Waals surface area contributed by atoms with Crippen molar-refractivity contribution in [2.75, 3.05) is 0 Å². The van der Waals surface area contributed by atoms with Crippen molar-refractivity contribution in [1.82, 2.24) is 0 Å². The lowest BCUT2D eigenvalue weighted by atomic mass is 9.80. The average Bonchev–Trinajstić information content (AvgIpc) is 2.38. The molecule has 0 bridgehead atoms. The van der Waals surface area contributed by atoms with Gasteiger partial charge >= 0.3 is 0 Å². The molecule has 1 unspecified atom stereocenters. The van der Waals surface area contributed by atoms with Crippen molar-refractivity contribution in [3.05, 3.63) is 11.8 Å². The molecule has 0 heterocycles. The molecule has 0 aromatic heterocycles. The Labute approximate surface area is 113 Å². The summed E-state index contributed by atoms with van der Waals surface area (Å²) in [7, 11) is -1.63. The van der Waals surface area contributed by atoms with Gasteiger partial charge in [0, 0.05) is 5.41 Å². The molecule has 1 aliphatic rings. The minimum atomic E-state index is -1.63. The van der Waals surface area contributed by atoms with E-state index in [4.69, 9.17) is 4.43 Å². The highest BCUT2D eigenvalue weighted by Crippen LogP contribution is 2.33. The molecule has 0 amide bonds. The molecule has 3 heteroatoms. The quantitative estimate of drug-likeness (QED) is 0.703. The fourth-order valence-electron chi connectivity index (χ4n) is 2.27. The van der Waals surface area contributed by atoms with Gasteiger partial charge < -0.3 is 4.43 Å². The fraction of sp³-hybridized carbons (Fsp3) is 0.800. The van der Waals surface area contributed by atoms with Crippen LogP contribution >= 0.6 is 0 Å². The largest absolute Gasteiger partial charge is 0.547 e. The van der Waals surface area contributed by atoms with Crippen LogP contribution in [0.1, 0.15) is 46.5 Å². The van der Waals surface area contributed by atoms with E-state index in [1.807, 2.05) is 20.8 Å². The van der Waals surface area contributed by atoms with Crippen LogP contribution in [0, 0.1) is 11.3 Å². The first-order chi connectivity index (χ1) is 8.11. The van der Waals surface area contributed by atoms with Crippen molar-refractivity contribution >= 4 is 14.1 Å². The van der Waals surface area contributed by atoms with Gasteiger partial charge in [-0.2, -0.15) is 0 Å². The lowest BCUT2D eigenvalue weighted by molar-refractivity contribution is -0.130. The maximum Gasteiger partial charge on any atom is 0.241 e. The van der Waals surface area contributed by atoms with Gasteiger partial charge in [-0.15, -0.1) is 0 Å². The first-order valence-corrected chi connectivity index (χ1v) is 10.5. The molecule has 0 radical (unpaired) electrons. The Bertz CT molecular complexity index is 331. The molecular formula is C15H28O2Si. The van der Waals surface area contributed by atoms with Crippen LogP contribution < -0.4 is 0 Å². The summed E-state index contributed by atoms with van der Waals surface area (Å²) in [5.41, 5.74) is -0.281. The van der Waals surface area contributed by atoms with E-state index in [2.05, 4.69) is 25.7 Å². The predicted octanol–water partition coefficient (Wildman–Crippen LogP) is 4.53. The van der Waals surface area contributed by atoms with E-state index in [-0.39, 0.29) is 11.3 Å². The van der Waals surface area contributed by atoms with Crippen LogP contribution in [0.4, 0.5) is 0 Å². The summed E-state index contributed by atoms with van der Waals surface area (Å²) < 4.78 is 6.17. The molecule has 2 nitrogen and oxygen atoms in total. The van der Waals surface area contributed by atoms with Crippen LogP contribution in [0.3, 0.4) is 0 Å². The third-order valence-electron chi connectivity index (χ3n) is 3.12. The maximum atomic E-state index is 12.6. The number of ketones is 1. The zero-order valence-corrected chi connectivity index (χ0v) is 13.8. The molecule has 104 valence electrons. The van der Waals surface area contributed by atoms with Gasteiger partial charge in [-0.3, -0.25) is 4.79 Å². The normalized spacial score (nSPS) is 22.1. The van der Waals surface area contributed by atoms with E-state index >= 15 is 0 Å². The zero-order valence-electron chi connectivity index (χ0n) is 12.8. The number of carbonyl (C=O) groups is 1. The molecule has 0 saturated heterocycles. The van der Waals surface area contributed by atoms with Crippen molar-refractivity contribution in [3.8, 4) is 0 Å². The van der Waals surface area contributed by atoms with Gasteiger partial charge in [0.1, 0.15) is 5.78 Å². The van der Waals surface area contributed by atoms with E-state index in [1.165, 1.54) is 6.42 Å². The predicted molar refractivity (Wildman–Crippen MR) is 78.9 cm³/mol. The standard InChI is InChI=1S/C15H28O2Si/c1-15(2,3)14(16)12-10-8-7-9-11-13(12)17-18(4,5)6/h11-12H,7-10H2,1-6H3. The number of carbonyl (C=O) groups excluding carboxylic acids is 1. The molecule has 0 aliphatic heterocycles. The van der Waals surface area contributed by atoms with Gasteiger partial charge in [-0.05, 0) is 45.0 Å². The monoisotopic (exact) mass is 268 g/mol. The Kier molecular flexibility index (Phi) is 4.82. The highest BCUT2D eigenvalue weighted by molar-refractivity contribution is 6.70. The van der Waals surface area contributed by atoms with Gasteiger partial charge in [-0.1, -0.05) is 27.2 Å². The van der Waals surface area contributed by atoms with Gasteiger partial charge in [0.25, 0.3) is 0 Å². The van der Waals surface area contributed by atoms with Crippen LogP contribution in [0.25, 0.3) is 0 Å². The SMILES string of the molecule is CC(C)(C)C(=O)C1CCCCC=C1O[Si](C)(C)C. The van der Waals surface area contributed by atoms with E-state index in [9.17, 15) is 4.79 Å². The molecule has 1 aliphatic carbocycles. The second-order valence-electron chi connectivity index (χ2n) is 7.27. The third-order valence-corrected chi connectivity index (χ3v) is 3.96. The molecule has 0 aromatic rings. The Morgan fingerprint density at radius 3 is 2.39 bits per heavy atom. The lowest BCUT2D eigenvalue weighted by Gasteiger charge is -2.30. The molecule has 1 atom stereocenters. The summed E-state index contributed by atoms with van der Waals surface area (Å²) in [5.74, 6) is 1.28. The fourth-order valence-corrected chi connectivity index (χ4v) is 3.20. The first-order valence-electron chi connectivity index (χ1n) is 7.04. The van der Waals surface area contributed by atoms with Gasteiger partial charge in [-0.25, -0.2) is 0 Å². The summed E-state index contributed by atoms with van der Waals surface area (Å²) in [4.78, 5) is 12.6. The van der Waals surface area contributed by atoms with E-state index in [0.29, 0.717) is 5.78 Å². The molecule has 18 heavy (non-hydrogen) atoms. The van der Waals surface area contributed by atoms with Gasteiger partial charge in [0.15, 0.2) is 0 Å². The molecule has 0 aromatic carbocycles. The van der Waals surface area contributed by atoms with Crippen molar-refractivity contribution in [2.45, 2.75) is 66.1 Å². The molecule has 0 spiro atoms. The topological polar surface area (TPSA) is 26.3 Å². The molecule has 0 fully saturated rings. The molecule has 0 saturated carbocycles. The summed E-state index contributed by atoms with van der Waals surface area (Å²) in [5, 5.41) is 0.